The number of pyridine rings is 1. The maximum Gasteiger partial charge on any atom is 0.289 e. The second-order valence-corrected chi connectivity index (χ2v) is 5.53. The van der Waals surface area contributed by atoms with Crippen LogP contribution in [0.25, 0.3) is 21.9 Å². The zero-order valence-corrected chi connectivity index (χ0v) is 13.5. The highest BCUT2D eigenvalue weighted by molar-refractivity contribution is 6.06. The van der Waals surface area contributed by atoms with Crippen LogP contribution >= 0.6 is 0 Å². The zero-order chi connectivity index (χ0) is 17.9. The molecule has 7 heteroatoms. The Morgan fingerprint density at radius 2 is 1.54 bits per heavy atom. The fraction of sp³-hybridized carbons (Fsp3) is 0. The molecule has 2 heterocycles. The van der Waals surface area contributed by atoms with Gasteiger partial charge in [0.2, 0.25) is 0 Å². The molecule has 4 rings (SSSR count). The fourth-order valence-electron chi connectivity index (χ4n) is 2.60. The summed E-state index contributed by atoms with van der Waals surface area (Å²) in [5.41, 5.74) is 7.08. The lowest BCUT2D eigenvalue weighted by Crippen LogP contribution is -2.42. The van der Waals surface area contributed by atoms with Crippen molar-refractivity contribution in [1.29, 1.82) is 0 Å². The van der Waals surface area contributed by atoms with E-state index < -0.39 is 11.8 Å². The first-order valence-corrected chi connectivity index (χ1v) is 7.88. The fourth-order valence-corrected chi connectivity index (χ4v) is 2.60. The molecular formula is C19H13N5O2. The van der Waals surface area contributed by atoms with E-state index in [2.05, 4.69) is 25.8 Å². The van der Waals surface area contributed by atoms with Crippen molar-refractivity contribution >= 4 is 33.8 Å². The highest BCUT2D eigenvalue weighted by atomic mass is 16.2. The number of nitrogens with zero attached hydrogens (tertiary/aromatic N) is 3. The number of hydrogen-bond acceptors (Lipinski definition) is 5. The molecule has 2 amide bonds. The van der Waals surface area contributed by atoms with E-state index in [1.54, 1.807) is 36.5 Å². The molecule has 126 valence electrons. The van der Waals surface area contributed by atoms with Gasteiger partial charge in [-0.1, -0.05) is 30.3 Å². The highest BCUT2D eigenvalue weighted by Gasteiger charge is 2.13. The van der Waals surface area contributed by atoms with Gasteiger partial charge in [0.15, 0.2) is 0 Å². The number of hydrogen-bond donors (Lipinski definition) is 2. The quantitative estimate of drug-likeness (QED) is 0.544. The van der Waals surface area contributed by atoms with Gasteiger partial charge in [-0.15, -0.1) is 0 Å². The predicted molar refractivity (Wildman–Crippen MR) is 96.2 cm³/mol. The smallest absolute Gasteiger partial charge is 0.267 e. The number of aromatic nitrogens is 3. The summed E-state index contributed by atoms with van der Waals surface area (Å²) < 4.78 is 0. The van der Waals surface area contributed by atoms with Gasteiger partial charge in [0.1, 0.15) is 5.69 Å². The average Bonchev–Trinajstić information content (AvgIpc) is 2.71. The molecule has 0 fully saturated rings. The van der Waals surface area contributed by atoms with E-state index in [9.17, 15) is 9.59 Å². The van der Waals surface area contributed by atoms with Crippen molar-refractivity contribution in [2.24, 2.45) is 0 Å². The van der Waals surface area contributed by atoms with Crippen molar-refractivity contribution in [3.05, 3.63) is 78.2 Å². The normalized spacial score (nSPS) is 10.6. The minimum Gasteiger partial charge on any atom is -0.267 e. The molecule has 2 N–H and O–H groups in total. The molecule has 0 radical (unpaired) electrons. The molecule has 2 aromatic heterocycles. The van der Waals surface area contributed by atoms with Gasteiger partial charge in [-0.2, -0.15) is 0 Å². The lowest BCUT2D eigenvalue weighted by molar-refractivity contribution is 0.0844. The molecule has 0 unspecified atom stereocenters. The molecule has 0 aliphatic rings. The van der Waals surface area contributed by atoms with Crippen molar-refractivity contribution < 1.29 is 9.59 Å². The second-order valence-electron chi connectivity index (χ2n) is 5.53. The van der Waals surface area contributed by atoms with Crippen LogP contribution in [0.5, 0.6) is 0 Å². The summed E-state index contributed by atoms with van der Waals surface area (Å²) in [5.74, 6) is -1.01. The van der Waals surface area contributed by atoms with Crippen LogP contribution in [0.2, 0.25) is 0 Å². The summed E-state index contributed by atoms with van der Waals surface area (Å²) >= 11 is 0. The van der Waals surface area contributed by atoms with Gasteiger partial charge in [0.05, 0.1) is 28.3 Å². The summed E-state index contributed by atoms with van der Waals surface area (Å²) in [6, 6.07) is 16.2. The maximum absolute atomic E-state index is 12.4. The van der Waals surface area contributed by atoms with Gasteiger partial charge in [-0.25, -0.2) is 4.98 Å². The number of carbonyl (C=O) groups excluding carboxylic acids is 2. The molecule has 0 aliphatic carbocycles. The van der Waals surface area contributed by atoms with E-state index in [-0.39, 0.29) is 5.69 Å². The van der Waals surface area contributed by atoms with E-state index in [4.69, 9.17) is 0 Å². The Kier molecular flexibility index (Phi) is 3.95. The van der Waals surface area contributed by atoms with Crippen molar-refractivity contribution in [3.63, 3.8) is 0 Å². The van der Waals surface area contributed by atoms with E-state index in [0.717, 1.165) is 5.39 Å². The third kappa shape index (κ3) is 2.93. The molecule has 26 heavy (non-hydrogen) atoms. The Morgan fingerprint density at radius 1 is 0.769 bits per heavy atom. The lowest BCUT2D eigenvalue weighted by Gasteiger charge is -2.09. The number of benzene rings is 2. The molecule has 2 aromatic carbocycles. The molecule has 0 atom stereocenters. The summed E-state index contributed by atoms with van der Waals surface area (Å²) in [6.07, 6.45) is 2.98. The van der Waals surface area contributed by atoms with E-state index in [0.29, 0.717) is 22.1 Å². The third-order valence-electron chi connectivity index (χ3n) is 3.85. The van der Waals surface area contributed by atoms with Crippen molar-refractivity contribution in [1.82, 2.24) is 25.8 Å². The Balaban J connectivity index is 1.52. The van der Waals surface area contributed by atoms with Crippen molar-refractivity contribution in [3.8, 4) is 0 Å². The van der Waals surface area contributed by atoms with Gasteiger partial charge in [0.25, 0.3) is 11.8 Å². The largest absolute Gasteiger partial charge is 0.289 e. The standard InChI is InChI=1S/C19H13N5O2/c25-18(13-7-3-5-12-6-4-10-20-17(12)13)23-24-19(26)16-11-21-14-8-1-2-9-15(14)22-16/h1-11H,(H,23,25)(H,24,26). The summed E-state index contributed by atoms with van der Waals surface area (Å²) in [6.45, 7) is 0. The number of hydrazine groups is 1. The average molecular weight is 343 g/mol. The minimum absolute atomic E-state index is 0.111. The molecule has 0 spiro atoms. The van der Waals surface area contributed by atoms with E-state index in [1.807, 2.05) is 24.3 Å². The van der Waals surface area contributed by atoms with E-state index >= 15 is 0 Å². The van der Waals surface area contributed by atoms with Crippen LogP contribution in [0.15, 0.2) is 67.0 Å². The molecule has 7 nitrogen and oxygen atoms in total. The Morgan fingerprint density at radius 3 is 2.42 bits per heavy atom. The second kappa shape index (κ2) is 6.56. The van der Waals surface area contributed by atoms with Gasteiger partial charge >= 0.3 is 0 Å². The van der Waals surface area contributed by atoms with Crippen LogP contribution in [0.1, 0.15) is 20.8 Å². The molecule has 0 bridgehead atoms. The van der Waals surface area contributed by atoms with Crippen LogP contribution in [0, 0.1) is 0 Å². The Hall–Kier alpha value is -3.87. The number of amides is 2. The first-order valence-electron chi connectivity index (χ1n) is 7.88. The SMILES string of the molecule is O=C(NNC(=O)c1cccc2cccnc12)c1cnc2ccccc2n1. The molecular weight excluding hydrogens is 330 g/mol. The summed E-state index contributed by atoms with van der Waals surface area (Å²) in [5, 5.41) is 0.840. The van der Waals surface area contributed by atoms with Gasteiger partial charge in [0, 0.05) is 11.6 Å². The van der Waals surface area contributed by atoms with E-state index in [1.165, 1.54) is 6.20 Å². The molecule has 0 saturated heterocycles. The minimum atomic E-state index is -0.551. The van der Waals surface area contributed by atoms with Crippen LogP contribution in [0.3, 0.4) is 0 Å². The lowest BCUT2D eigenvalue weighted by atomic mass is 10.1. The topological polar surface area (TPSA) is 96.9 Å². The number of carbonyl (C=O) groups is 2. The molecule has 0 saturated carbocycles. The maximum atomic E-state index is 12.4. The molecule has 4 aromatic rings. The summed E-state index contributed by atoms with van der Waals surface area (Å²) in [4.78, 5) is 37.3. The first kappa shape index (κ1) is 15.6. The zero-order valence-electron chi connectivity index (χ0n) is 13.5. The number of para-hydroxylation sites is 3. The monoisotopic (exact) mass is 343 g/mol. The van der Waals surface area contributed by atoms with Crippen LogP contribution in [-0.4, -0.2) is 26.8 Å². The van der Waals surface area contributed by atoms with Gasteiger partial charge < -0.3 is 0 Å². The Bertz CT molecular complexity index is 1140. The predicted octanol–water partition coefficient (Wildman–Crippen LogP) is 2.25. The third-order valence-corrected chi connectivity index (χ3v) is 3.85. The summed E-state index contributed by atoms with van der Waals surface area (Å²) in [7, 11) is 0. The number of nitrogens with one attached hydrogen (secondary N) is 2. The number of rotatable bonds is 2. The van der Waals surface area contributed by atoms with Crippen molar-refractivity contribution in [2.75, 3.05) is 0 Å². The Labute approximate surface area is 148 Å². The van der Waals surface area contributed by atoms with Gasteiger partial charge in [-0.05, 0) is 24.3 Å². The molecule has 0 aliphatic heterocycles. The highest BCUT2D eigenvalue weighted by Crippen LogP contribution is 2.15. The van der Waals surface area contributed by atoms with Gasteiger partial charge in [-0.3, -0.25) is 30.4 Å². The number of fused-ring (bicyclic) bond motifs is 2. The van der Waals surface area contributed by atoms with Crippen LogP contribution in [0.4, 0.5) is 0 Å². The van der Waals surface area contributed by atoms with Crippen LogP contribution in [-0.2, 0) is 0 Å². The van der Waals surface area contributed by atoms with Crippen molar-refractivity contribution in [2.45, 2.75) is 0 Å². The van der Waals surface area contributed by atoms with Crippen LogP contribution < -0.4 is 10.9 Å². The first-order chi connectivity index (χ1) is 12.7.